The van der Waals surface area contributed by atoms with Crippen LogP contribution in [-0.4, -0.2) is 50.1 Å². The van der Waals surface area contributed by atoms with Gasteiger partial charge >= 0.3 is 0 Å². The molecule has 156 valence electrons. The summed E-state index contributed by atoms with van der Waals surface area (Å²) in [5.74, 6) is 1.85. The quantitative estimate of drug-likeness (QED) is 0.663. The molecular weight excluding hydrogens is 385 g/mol. The molecule has 0 aliphatic carbocycles. The van der Waals surface area contributed by atoms with Crippen molar-refractivity contribution in [2.24, 2.45) is 0 Å². The van der Waals surface area contributed by atoms with E-state index in [0.29, 0.717) is 30.9 Å². The van der Waals surface area contributed by atoms with Crippen molar-refractivity contribution in [3.63, 3.8) is 0 Å². The number of rotatable bonds is 4. The van der Waals surface area contributed by atoms with Gasteiger partial charge in [0.05, 0.1) is 6.61 Å². The smallest absolute Gasteiger partial charge is 0.219 e. The number of likely N-dealkylation sites (tertiary alicyclic amines) is 1. The number of carbonyl (C=O) groups excluding carboxylic acids is 1. The minimum absolute atomic E-state index is 0.125. The number of fused-ring (bicyclic) bond motifs is 2. The summed E-state index contributed by atoms with van der Waals surface area (Å²) in [4.78, 5) is 18.2. The molecule has 2 aliphatic rings. The number of aromatic nitrogens is 4. The molecule has 30 heavy (non-hydrogen) atoms. The van der Waals surface area contributed by atoms with Crippen molar-refractivity contribution >= 4 is 11.6 Å². The maximum Gasteiger partial charge on any atom is 0.219 e. The Morgan fingerprint density at radius 1 is 1.27 bits per heavy atom. The molecule has 0 atom stereocenters. The van der Waals surface area contributed by atoms with Gasteiger partial charge in [-0.15, -0.1) is 10.2 Å². The summed E-state index contributed by atoms with van der Waals surface area (Å²) in [7, 11) is 0. The lowest BCUT2D eigenvalue weighted by Gasteiger charge is -2.31. The van der Waals surface area contributed by atoms with E-state index in [1.807, 2.05) is 15.5 Å². The van der Waals surface area contributed by atoms with E-state index in [1.54, 1.807) is 19.3 Å². The highest BCUT2D eigenvalue weighted by molar-refractivity contribution is 5.73. The van der Waals surface area contributed by atoms with Crippen molar-refractivity contribution in [3.05, 3.63) is 53.0 Å². The molecule has 2 aromatic heterocycles. The molecule has 1 fully saturated rings. The minimum Gasteiger partial charge on any atom is -0.493 e. The van der Waals surface area contributed by atoms with Crippen molar-refractivity contribution in [2.75, 3.05) is 19.7 Å². The molecule has 0 N–H and O–H groups in total. The molecule has 0 radical (unpaired) electrons. The van der Waals surface area contributed by atoms with Crippen LogP contribution in [-0.2, 0) is 24.1 Å². The third kappa shape index (κ3) is 3.30. The maximum atomic E-state index is 14.5. The first-order chi connectivity index (χ1) is 14.6. The lowest BCUT2D eigenvalue weighted by molar-refractivity contribution is -0.129. The fourth-order valence-electron chi connectivity index (χ4n) is 4.69. The number of carbonyl (C=O) groups is 1. The first-order valence-corrected chi connectivity index (χ1v) is 10.5. The zero-order valence-electron chi connectivity index (χ0n) is 17.0. The van der Waals surface area contributed by atoms with Crippen LogP contribution in [0.25, 0.3) is 5.65 Å². The molecule has 0 unspecified atom stereocenters. The molecule has 8 heteroatoms. The third-order valence-electron chi connectivity index (χ3n) is 6.36. The van der Waals surface area contributed by atoms with Gasteiger partial charge in [-0.25, -0.2) is 9.37 Å². The Labute approximate surface area is 173 Å². The van der Waals surface area contributed by atoms with Crippen molar-refractivity contribution in [1.82, 2.24) is 24.5 Å². The average molecular weight is 409 g/mol. The monoisotopic (exact) mass is 409 g/mol. The van der Waals surface area contributed by atoms with E-state index in [4.69, 9.17) is 9.72 Å². The van der Waals surface area contributed by atoms with E-state index in [9.17, 15) is 9.18 Å². The lowest BCUT2D eigenvalue weighted by Crippen LogP contribution is -2.36. The lowest BCUT2D eigenvalue weighted by atomic mass is 9.90. The molecular formula is C22H24FN5O2. The number of ether oxygens (including phenoxy) is 1. The summed E-state index contributed by atoms with van der Waals surface area (Å²) in [6, 6.07) is 3.20. The Morgan fingerprint density at radius 3 is 2.90 bits per heavy atom. The predicted molar refractivity (Wildman–Crippen MR) is 108 cm³/mol. The highest BCUT2D eigenvalue weighted by atomic mass is 19.1. The van der Waals surface area contributed by atoms with Gasteiger partial charge in [0.15, 0.2) is 5.65 Å². The molecule has 7 nitrogen and oxygen atoms in total. The highest BCUT2D eigenvalue weighted by Gasteiger charge is 2.25. The van der Waals surface area contributed by atoms with Gasteiger partial charge in [-0.3, -0.25) is 9.20 Å². The Morgan fingerprint density at radius 2 is 2.10 bits per heavy atom. The van der Waals surface area contributed by atoms with Crippen LogP contribution < -0.4 is 4.74 Å². The molecule has 2 aliphatic heterocycles. The van der Waals surface area contributed by atoms with Gasteiger partial charge in [-0.2, -0.15) is 0 Å². The first-order valence-electron chi connectivity index (χ1n) is 10.5. The zero-order valence-corrected chi connectivity index (χ0v) is 17.0. The molecule has 1 aromatic carbocycles. The molecule has 0 saturated carbocycles. The molecule has 0 spiro atoms. The largest absolute Gasteiger partial charge is 0.493 e. The number of piperidine rings is 1. The Balaban J connectivity index is 1.38. The van der Waals surface area contributed by atoms with Crippen LogP contribution in [0.2, 0.25) is 0 Å². The van der Waals surface area contributed by atoms with Crippen LogP contribution in [0, 0.1) is 5.82 Å². The summed E-state index contributed by atoms with van der Waals surface area (Å²) in [5.41, 5.74) is 3.57. The number of benzene rings is 1. The Bertz CT molecular complexity index is 1100. The van der Waals surface area contributed by atoms with E-state index in [2.05, 4.69) is 10.2 Å². The average Bonchev–Trinajstić information content (AvgIpc) is 3.43. The van der Waals surface area contributed by atoms with Gasteiger partial charge in [0.2, 0.25) is 5.91 Å². The molecule has 5 rings (SSSR count). The second-order valence-corrected chi connectivity index (χ2v) is 8.04. The van der Waals surface area contributed by atoms with Crippen molar-refractivity contribution in [3.8, 4) is 5.75 Å². The number of hydrogen-bond acceptors (Lipinski definition) is 5. The third-order valence-corrected chi connectivity index (χ3v) is 6.36. The number of nitrogens with zero attached hydrogens (tertiary/aromatic N) is 5. The maximum absolute atomic E-state index is 14.5. The van der Waals surface area contributed by atoms with Crippen LogP contribution in [0.3, 0.4) is 0 Å². The topological polar surface area (TPSA) is 72.6 Å². The van der Waals surface area contributed by atoms with Gasteiger partial charge < -0.3 is 9.64 Å². The highest BCUT2D eigenvalue weighted by Crippen LogP contribution is 2.32. The van der Waals surface area contributed by atoms with Crippen LogP contribution in [0.15, 0.2) is 24.7 Å². The predicted octanol–water partition coefficient (Wildman–Crippen LogP) is 2.71. The Hall–Kier alpha value is -3.03. The van der Waals surface area contributed by atoms with E-state index in [0.717, 1.165) is 60.7 Å². The van der Waals surface area contributed by atoms with Crippen molar-refractivity contribution in [1.29, 1.82) is 0 Å². The van der Waals surface area contributed by atoms with Crippen LogP contribution in [0.1, 0.15) is 48.2 Å². The molecule has 0 bridgehead atoms. The molecule has 3 aromatic rings. The SMILES string of the molecule is CC(=O)N1CCC(c2cnc(CCc3c(F)ccc4c3CCO4)n3cnnc23)CC1. The van der Waals surface area contributed by atoms with Crippen molar-refractivity contribution < 1.29 is 13.9 Å². The number of aryl methyl sites for hydroxylation is 1. The fourth-order valence-corrected chi connectivity index (χ4v) is 4.69. The van der Waals surface area contributed by atoms with Crippen molar-refractivity contribution in [2.45, 2.75) is 44.9 Å². The number of hydrogen-bond donors (Lipinski definition) is 0. The standard InChI is InChI=1S/C22H24FN5O2/c1-14(29)27-9-6-15(7-10-27)18-12-24-21(28-13-25-26-22(18)28)5-2-16-17-8-11-30-20(17)4-3-19(16)23/h3-4,12-13,15H,2,5-11H2,1H3. The van der Waals surface area contributed by atoms with Crippen LogP contribution in [0.4, 0.5) is 4.39 Å². The van der Waals surface area contributed by atoms with Crippen LogP contribution in [0.5, 0.6) is 5.75 Å². The molecule has 1 amide bonds. The fraction of sp³-hybridized carbons (Fsp3) is 0.455. The van der Waals surface area contributed by atoms with Gasteiger partial charge in [0.1, 0.15) is 23.7 Å². The Kier molecular flexibility index (Phi) is 4.84. The van der Waals surface area contributed by atoms with E-state index >= 15 is 0 Å². The second-order valence-electron chi connectivity index (χ2n) is 8.04. The minimum atomic E-state index is -0.187. The van der Waals surface area contributed by atoms with E-state index < -0.39 is 0 Å². The summed E-state index contributed by atoms with van der Waals surface area (Å²) < 4.78 is 22.0. The number of halogens is 1. The van der Waals surface area contributed by atoms with E-state index in [1.165, 1.54) is 6.07 Å². The molecule has 1 saturated heterocycles. The first kappa shape index (κ1) is 19.0. The normalized spacial score (nSPS) is 16.7. The van der Waals surface area contributed by atoms with Gasteiger partial charge in [0, 0.05) is 50.2 Å². The van der Waals surface area contributed by atoms with E-state index in [-0.39, 0.29) is 11.7 Å². The van der Waals surface area contributed by atoms with Gasteiger partial charge in [0.25, 0.3) is 0 Å². The summed E-state index contributed by atoms with van der Waals surface area (Å²) in [5, 5.41) is 8.44. The summed E-state index contributed by atoms with van der Waals surface area (Å²) in [6.45, 7) is 3.73. The van der Waals surface area contributed by atoms with Gasteiger partial charge in [-0.05, 0) is 42.9 Å². The number of amides is 1. The second kappa shape index (κ2) is 7.66. The van der Waals surface area contributed by atoms with Gasteiger partial charge in [-0.1, -0.05) is 0 Å². The van der Waals surface area contributed by atoms with Crippen LogP contribution >= 0.6 is 0 Å². The summed E-state index contributed by atoms with van der Waals surface area (Å²) in [6.07, 6.45) is 7.24. The molecule has 4 heterocycles. The zero-order chi connectivity index (χ0) is 20.7. The summed E-state index contributed by atoms with van der Waals surface area (Å²) >= 11 is 0.